The third-order valence-electron chi connectivity index (χ3n) is 3.08. The molecule has 104 valence electrons. The number of hydrogen-bond acceptors (Lipinski definition) is 2. The van der Waals surface area contributed by atoms with Crippen molar-refractivity contribution in [1.82, 2.24) is 0 Å². The van der Waals surface area contributed by atoms with Crippen LogP contribution in [0.3, 0.4) is 0 Å². The van der Waals surface area contributed by atoms with E-state index in [1.54, 1.807) is 37.3 Å². The van der Waals surface area contributed by atoms with E-state index in [1.165, 1.54) is 5.56 Å². The van der Waals surface area contributed by atoms with Crippen molar-refractivity contribution in [2.45, 2.75) is 25.2 Å². The molecule has 0 aliphatic heterocycles. The standard InChI is InChI=1S/C16H17NO2S/c1-3-14-9-11-15(12-10-14)13(2)17-20(18,19)16-7-5-4-6-8-16/h4-12H,3H2,1-2H3/b17-13+. The second-order valence-electron chi connectivity index (χ2n) is 4.52. The highest BCUT2D eigenvalue weighted by atomic mass is 32.2. The van der Waals surface area contributed by atoms with Crippen LogP contribution in [0.4, 0.5) is 0 Å². The molecule has 0 aliphatic carbocycles. The minimum absolute atomic E-state index is 0.213. The van der Waals surface area contributed by atoms with Gasteiger partial charge in [-0.3, -0.25) is 0 Å². The van der Waals surface area contributed by atoms with E-state index >= 15 is 0 Å². The van der Waals surface area contributed by atoms with Crippen LogP contribution in [0, 0.1) is 0 Å². The molecule has 0 spiro atoms. The monoisotopic (exact) mass is 287 g/mol. The highest BCUT2D eigenvalue weighted by Crippen LogP contribution is 2.14. The minimum atomic E-state index is -3.64. The molecule has 0 aromatic heterocycles. The van der Waals surface area contributed by atoms with Crippen molar-refractivity contribution in [1.29, 1.82) is 0 Å². The van der Waals surface area contributed by atoms with Gasteiger partial charge in [0.05, 0.1) is 10.6 Å². The van der Waals surface area contributed by atoms with Crippen molar-refractivity contribution in [3.8, 4) is 0 Å². The van der Waals surface area contributed by atoms with Gasteiger partial charge in [-0.1, -0.05) is 49.4 Å². The molecule has 0 unspecified atom stereocenters. The van der Waals surface area contributed by atoms with Gasteiger partial charge in [0.1, 0.15) is 0 Å². The Morgan fingerprint density at radius 2 is 1.60 bits per heavy atom. The molecule has 0 fully saturated rings. The summed E-state index contributed by atoms with van der Waals surface area (Å²) in [7, 11) is -3.64. The van der Waals surface area contributed by atoms with Crippen molar-refractivity contribution in [3.63, 3.8) is 0 Å². The quantitative estimate of drug-likeness (QED) is 0.809. The summed E-state index contributed by atoms with van der Waals surface area (Å²) in [6.07, 6.45) is 0.957. The van der Waals surface area contributed by atoms with E-state index in [-0.39, 0.29) is 4.90 Å². The largest absolute Gasteiger partial charge is 0.282 e. The molecule has 0 saturated carbocycles. The number of sulfonamides is 1. The lowest BCUT2D eigenvalue weighted by atomic mass is 10.1. The molecule has 2 rings (SSSR count). The van der Waals surface area contributed by atoms with Crippen molar-refractivity contribution in [2.24, 2.45) is 4.40 Å². The zero-order valence-electron chi connectivity index (χ0n) is 11.6. The lowest BCUT2D eigenvalue weighted by molar-refractivity contribution is 0.598. The maximum atomic E-state index is 12.2. The fraction of sp³-hybridized carbons (Fsp3) is 0.188. The molecular weight excluding hydrogens is 270 g/mol. The van der Waals surface area contributed by atoms with E-state index in [0.29, 0.717) is 5.71 Å². The van der Waals surface area contributed by atoms with E-state index in [4.69, 9.17) is 0 Å². The van der Waals surface area contributed by atoms with Gasteiger partial charge in [-0.05, 0) is 36.6 Å². The van der Waals surface area contributed by atoms with Gasteiger partial charge in [-0.2, -0.15) is 12.8 Å². The van der Waals surface area contributed by atoms with E-state index in [0.717, 1.165) is 12.0 Å². The molecule has 0 atom stereocenters. The second-order valence-corrected chi connectivity index (χ2v) is 6.12. The smallest absolute Gasteiger partial charge is 0.199 e. The maximum Gasteiger partial charge on any atom is 0.282 e. The van der Waals surface area contributed by atoms with Crippen molar-refractivity contribution in [3.05, 3.63) is 65.7 Å². The normalized spacial score (nSPS) is 12.4. The fourth-order valence-electron chi connectivity index (χ4n) is 1.86. The number of hydrogen-bond donors (Lipinski definition) is 0. The summed E-state index contributed by atoms with van der Waals surface area (Å²) in [4.78, 5) is 0.213. The topological polar surface area (TPSA) is 46.5 Å². The average molecular weight is 287 g/mol. The van der Waals surface area contributed by atoms with Crippen molar-refractivity contribution >= 4 is 15.7 Å². The zero-order valence-corrected chi connectivity index (χ0v) is 12.4. The third-order valence-corrected chi connectivity index (χ3v) is 4.46. The average Bonchev–Trinajstić information content (AvgIpc) is 2.48. The SMILES string of the molecule is CCc1ccc(/C(C)=N/S(=O)(=O)c2ccccc2)cc1. The Labute approximate surface area is 120 Å². The van der Waals surface area contributed by atoms with Crippen LogP contribution >= 0.6 is 0 Å². The van der Waals surface area contributed by atoms with Gasteiger partial charge in [-0.25, -0.2) is 0 Å². The van der Waals surface area contributed by atoms with Gasteiger partial charge in [-0.15, -0.1) is 0 Å². The molecule has 20 heavy (non-hydrogen) atoms. The van der Waals surface area contributed by atoms with E-state index in [2.05, 4.69) is 11.3 Å². The van der Waals surface area contributed by atoms with Gasteiger partial charge < -0.3 is 0 Å². The minimum Gasteiger partial charge on any atom is -0.199 e. The molecule has 0 bridgehead atoms. The number of rotatable bonds is 4. The third kappa shape index (κ3) is 3.33. The van der Waals surface area contributed by atoms with Gasteiger partial charge in [0.2, 0.25) is 0 Å². The molecule has 0 saturated heterocycles. The molecule has 0 heterocycles. The van der Waals surface area contributed by atoms with Crippen molar-refractivity contribution in [2.75, 3.05) is 0 Å². The summed E-state index contributed by atoms with van der Waals surface area (Å²) in [5.41, 5.74) is 2.53. The van der Waals surface area contributed by atoms with Gasteiger partial charge in [0, 0.05) is 0 Å². The molecule has 2 aromatic rings. The van der Waals surface area contributed by atoms with Crippen molar-refractivity contribution < 1.29 is 8.42 Å². The number of nitrogens with zero attached hydrogens (tertiary/aromatic N) is 1. The highest BCUT2D eigenvalue weighted by molar-refractivity contribution is 7.90. The predicted molar refractivity (Wildman–Crippen MR) is 81.7 cm³/mol. The molecule has 4 heteroatoms. The Morgan fingerprint density at radius 3 is 2.15 bits per heavy atom. The summed E-state index contributed by atoms with van der Waals surface area (Å²) in [5, 5.41) is 0. The molecule has 3 nitrogen and oxygen atoms in total. The molecule has 0 aliphatic rings. The highest BCUT2D eigenvalue weighted by Gasteiger charge is 2.12. The summed E-state index contributed by atoms with van der Waals surface area (Å²) < 4.78 is 28.2. The molecule has 0 amide bonds. The van der Waals surface area contributed by atoms with Gasteiger partial charge in [0.15, 0.2) is 0 Å². The first-order valence-electron chi connectivity index (χ1n) is 6.49. The Bertz CT molecular complexity index is 702. The predicted octanol–water partition coefficient (Wildman–Crippen LogP) is 3.45. The van der Waals surface area contributed by atoms with Crippen LogP contribution in [0.15, 0.2) is 63.9 Å². The Kier molecular flexibility index (Phi) is 4.35. The maximum absolute atomic E-state index is 12.2. The summed E-state index contributed by atoms with van der Waals surface area (Å²) >= 11 is 0. The molecular formula is C16H17NO2S. The number of benzene rings is 2. The first-order chi connectivity index (χ1) is 9.53. The van der Waals surface area contributed by atoms with Gasteiger partial charge in [0.25, 0.3) is 10.0 Å². The first-order valence-corrected chi connectivity index (χ1v) is 7.93. The van der Waals surface area contributed by atoms with E-state index in [9.17, 15) is 8.42 Å². The van der Waals surface area contributed by atoms with Crippen LogP contribution in [0.5, 0.6) is 0 Å². The Balaban J connectivity index is 2.34. The van der Waals surface area contributed by atoms with Crippen LogP contribution in [0.1, 0.15) is 25.0 Å². The molecule has 0 N–H and O–H groups in total. The Morgan fingerprint density at radius 1 is 1.00 bits per heavy atom. The van der Waals surface area contributed by atoms with Crippen LogP contribution in [0.2, 0.25) is 0 Å². The number of aryl methyl sites for hydroxylation is 1. The lowest BCUT2D eigenvalue weighted by Gasteiger charge is -2.04. The van der Waals surface area contributed by atoms with Crippen LogP contribution in [-0.2, 0) is 16.4 Å². The van der Waals surface area contributed by atoms with Crippen LogP contribution < -0.4 is 0 Å². The summed E-state index contributed by atoms with van der Waals surface area (Å²) in [6.45, 7) is 3.79. The van der Waals surface area contributed by atoms with Crippen LogP contribution in [-0.4, -0.2) is 14.1 Å². The van der Waals surface area contributed by atoms with Gasteiger partial charge >= 0.3 is 0 Å². The van der Waals surface area contributed by atoms with E-state index < -0.39 is 10.0 Å². The molecule has 0 radical (unpaired) electrons. The van der Waals surface area contributed by atoms with E-state index in [1.807, 2.05) is 24.3 Å². The molecule has 2 aromatic carbocycles. The lowest BCUT2D eigenvalue weighted by Crippen LogP contribution is -2.03. The summed E-state index contributed by atoms with van der Waals surface area (Å²) in [6, 6.07) is 16.0. The zero-order chi connectivity index (χ0) is 14.6. The van der Waals surface area contributed by atoms with Crippen LogP contribution in [0.25, 0.3) is 0 Å². The fourth-order valence-corrected chi connectivity index (χ4v) is 2.93. The first kappa shape index (κ1) is 14.5. The Hall–Kier alpha value is -1.94. The summed E-state index contributed by atoms with van der Waals surface area (Å²) in [5.74, 6) is 0. The second kappa shape index (κ2) is 6.01.